The van der Waals surface area contributed by atoms with E-state index in [9.17, 15) is 0 Å². The number of alkyl halides is 1. The van der Waals surface area contributed by atoms with Gasteiger partial charge in [-0.05, 0) is 24.6 Å². The lowest BCUT2D eigenvalue weighted by Crippen LogP contribution is -2.51. The molecule has 0 aliphatic heterocycles. The van der Waals surface area contributed by atoms with E-state index in [1.807, 2.05) is 25.1 Å². The van der Waals surface area contributed by atoms with Crippen molar-refractivity contribution in [2.24, 2.45) is 0 Å². The fraction of sp³-hybridized carbons (Fsp3) is 0.500. The van der Waals surface area contributed by atoms with E-state index in [1.54, 1.807) is 7.11 Å². The minimum absolute atomic E-state index is 0.117. The summed E-state index contributed by atoms with van der Waals surface area (Å²) in [4.78, 5) is 0.391. The first-order valence-corrected chi connectivity index (χ1v) is 6.51. The van der Waals surface area contributed by atoms with E-state index < -0.39 is 0 Å². The molecular weight excluding hydrogens is 291 g/mol. The van der Waals surface area contributed by atoms with Crippen LogP contribution in [0, 0.1) is 6.92 Å². The molecule has 1 fully saturated rings. The van der Waals surface area contributed by atoms with Gasteiger partial charge in [-0.2, -0.15) is 0 Å². The maximum absolute atomic E-state index is 5.94. The molecule has 0 N–H and O–H groups in total. The zero-order valence-corrected chi connectivity index (χ0v) is 11.6. The molecule has 2 nitrogen and oxygen atoms in total. The first-order chi connectivity index (χ1) is 7.61. The van der Waals surface area contributed by atoms with Crippen molar-refractivity contribution in [2.45, 2.75) is 30.4 Å². The molecule has 1 saturated carbocycles. The highest BCUT2D eigenvalue weighted by Crippen LogP contribution is 2.35. The van der Waals surface area contributed by atoms with E-state index in [4.69, 9.17) is 21.1 Å². The Morgan fingerprint density at radius 2 is 2.19 bits per heavy atom. The van der Waals surface area contributed by atoms with E-state index >= 15 is 0 Å². The van der Waals surface area contributed by atoms with Crippen LogP contribution in [-0.4, -0.2) is 24.1 Å². The average Bonchev–Trinajstić information content (AvgIpc) is 2.23. The number of methoxy groups -OCH3 is 1. The van der Waals surface area contributed by atoms with Crippen LogP contribution in [0.25, 0.3) is 0 Å². The normalized spacial score (nSPS) is 28.6. The molecule has 3 unspecified atom stereocenters. The highest BCUT2D eigenvalue weighted by molar-refractivity contribution is 9.09. The van der Waals surface area contributed by atoms with Gasteiger partial charge in [0, 0.05) is 23.4 Å². The highest BCUT2D eigenvalue weighted by Gasteiger charge is 2.41. The quantitative estimate of drug-likeness (QED) is 0.795. The Morgan fingerprint density at radius 3 is 2.81 bits per heavy atom. The minimum Gasteiger partial charge on any atom is -0.487 e. The monoisotopic (exact) mass is 304 g/mol. The second-order valence-corrected chi connectivity index (χ2v) is 5.63. The molecule has 1 aliphatic rings. The van der Waals surface area contributed by atoms with Crippen LogP contribution in [0.4, 0.5) is 0 Å². The average molecular weight is 306 g/mol. The maximum atomic E-state index is 5.94. The van der Waals surface area contributed by atoms with Gasteiger partial charge < -0.3 is 9.47 Å². The topological polar surface area (TPSA) is 18.5 Å². The Balaban J connectivity index is 2.07. The Bertz CT molecular complexity index is 383. The Hall–Kier alpha value is -0.250. The fourth-order valence-electron chi connectivity index (χ4n) is 1.81. The molecule has 0 aromatic heterocycles. The third-order valence-corrected chi connectivity index (χ3v) is 4.01. The van der Waals surface area contributed by atoms with Crippen molar-refractivity contribution >= 4 is 27.5 Å². The zero-order chi connectivity index (χ0) is 11.7. The van der Waals surface area contributed by atoms with Crippen molar-refractivity contribution in [2.75, 3.05) is 7.11 Å². The van der Waals surface area contributed by atoms with Crippen molar-refractivity contribution in [3.05, 3.63) is 28.8 Å². The van der Waals surface area contributed by atoms with Crippen molar-refractivity contribution in [1.29, 1.82) is 0 Å². The van der Waals surface area contributed by atoms with E-state index in [1.165, 1.54) is 0 Å². The van der Waals surface area contributed by atoms with Crippen LogP contribution in [0.1, 0.15) is 12.0 Å². The van der Waals surface area contributed by atoms with E-state index in [2.05, 4.69) is 15.9 Å². The molecule has 16 heavy (non-hydrogen) atoms. The highest BCUT2D eigenvalue weighted by atomic mass is 79.9. The van der Waals surface area contributed by atoms with Crippen molar-refractivity contribution < 1.29 is 9.47 Å². The van der Waals surface area contributed by atoms with Crippen molar-refractivity contribution in [3.63, 3.8) is 0 Å². The first-order valence-electron chi connectivity index (χ1n) is 5.21. The van der Waals surface area contributed by atoms with Gasteiger partial charge in [-0.3, -0.25) is 0 Å². The SMILES string of the molecule is COC1C(Br)CC1Oc1cc(Cl)ccc1C. The summed E-state index contributed by atoms with van der Waals surface area (Å²) in [6.45, 7) is 2.01. The number of aryl methyl sites for hydroxylation is 1. The molecule has 0 spiro atoms. The third kappa shape index (κ3) is 2.36. The second-order valence-electron chi connectivity index (χ2n) is 4.02. The van der Waals surface area contributed by atoms with Crippen molar-refractivity contribution in [1.82, 2.24) is 0 Å². The van der Waals surface area contributed by atoms with Crippen molar-refractivity contribution in [3.8, 4) is 5.75 Å². The molecule has 0 bridgehead atoms. The summed E-state index contributed by atoms with van der Waals surface area (Å²) in [7, 11) is 1.71. The molecule has 88 valence electrons. The second kappa shape index (κ2) is 4.94. The first kappa shape index (κ1) is 12.2. The number of benzene rings is 1. The fourth-order valence-corrected chi connectivity index (χ4v) is 2.89. The van der Waals surface area contributed by atoms with E-state index in [-0.39, 0.29) is 12.2 Å². The molecule has 0 radical (unpaired) electrons. The predicted molar refractivity (Wildman–Crippen MR) is 68.7 cm³/mol. The minimum atomic E-state index is 0.117. The lowest BCUT2D eigenvalue weighted by atomic mass is 9.91. The van der Waals surface area contributed by atoms with Gasteiger partial charge in [0.05, 0.1) is 0 Å². The Morgan fingerprint density at radius 1 is 1.44 bits per heavy atom. The molecule has 3 atom stereocenters. The molecule has 0 saturated heterocycles. The number of hydrogen-bond acceptors (Lipinski definition) is 2. The molecule has 1 aromatic rings. The number of ether oxygens (including phenoxy) is 2. The summed E-state index contributed by atoms with van der Waals surface area (Å²) in [5, 5.41) is 0.698. The molecule has 2 rings (SSSR count). The van der Waals surface area contributed by atoms with Crippen LogP contribution in [0.2, 0.25) is 5.02 Å². The smallest absolute Gasteiger partial charge is 0.127 e. The van der Waals surface area contributed by atoms with Crippen LogP contribution in [-0.2, 0) is 4.74 Å². The number of hydrogen-bond donors (Lipinski definition) is 0. The lowest BCUT2D eigenvalue weighted by Gasteiger charge is -2.40. The number of rotatable bonds is 3. The zero-order valence-electron chi connectivity index (χ0n) is 9.24. The number of halogens is 2. The Kier molecular flexibility index (Phi) is 3.77. The van der Waals surface area contributed by atoms with Gasteiger partial charge in [0.25, 0.3) is 0 Å². The van der Waals surface area contributed by atoms with Crippen LogP contribution < -0.4 is 4.74 Å². The molecule has 0 heterocycles. The molecule has 1 aromatic carbocycles. The molecule has 4 heteroatoms. The van der Waals surface area contributed by atoms with Crippen LogP contribution in [0.3, 0.4) is 0 Å². The molecule has 1 aliphatic carbocycles. The summed E-state index contributed by atoms with van der Waals surface area (Å²) in [6.07, 6.45) is 1.20. The summed E-state index contributed by atoms with van der Waals surface area (Å²) in [6, 6.07) is 5.68. The van der Waals surface area contributed by atoms with Gasteiger partial charge in [0.15, 0.2) is 0 Å². The van der Waals surface area contributed by atoms with Gasteiger partial charge in [-0.25, -0.2) is 0 Å². The maximum Gasteiger partial charge on any atom is 0.127 e. The third-order valence-electron chi connectivity index (χ3n) is 2.88. The largest absolute Gasteiger partial charge is 0.487 e. The van der Waals surface area contributed by atoms with Crippen LogP contribution in [0.15, 0.2) is 18.2 Å². The van der Waals surface area contributed by atoms with Gasteiger partial charge in [-0.15, -0.1) is 0 Å². The standard InChI is InChI=1S/C12H14BrClO2/c1-7-3-4-8(14)5-10(7)16-11-6-9(13)12(11)15-2/h3-5,9,11-12H,6H2,1-2H3. The van der Waals surface area contributed by atoms with E-state index in [0.29, 0.717) is 9.85 Å². The summed E-state index contributed by atoms with van der Waals surface area (Å²) < 4.78 is 11.2. The van der Waals surface area contributed by atoms with Gasteiger partial charge in [0.2, 0.25) is 0 Å². The van der Waals surface area contributed by atoms with Crippen LogP contribution in [0.5, 0.6) is 5.75 Å². The van der Waals surface area contributed by atoms with E-state index in [0.717, 1.165) is 17.7 Å². The molecule has 0 amide bonds. The predicted octanol–water partition coefficient (Wildman–Crippen LogP) is 3.58. The summed E-state index contributed by atoms with van der Waals surface area (Å²) in [5.74, 6) is 0.846. The Labute approximate surface area is 109 Å². The lowest BCUT2D eigenvalue weighted by molar-refractivity contribution is -0.0547. The van der Waals surface area contributed by atoms with Gasteiger partial charge >= 0.3 is 0 Å². The summed E-state index contributed by atoms with van der Waals surface area (Å²) >= 11 is 9.48. The van der Waals surface area contributed by atoms with Gasteiger partial charge in [0.1, 0.15) is 18.0 Å². The van der Waals surface area contributed by atoms with Gasteiger partial charge in [-0.1, -0.05) is 33.6 Å². The summed E-state index contributed by atoms with van der Waals surface area (Å²) in [5.41, 5.74) is 1.09. The van der Waals surface area contributed by atoms with Crippen LogP contribution >= 0.6 is 27.5 Å². The molecular formula is C12H14BrClO2.